The van der Waals surface area contributed by atoms with Crippen molar-refractivity contribution in [1.82, 2.24) is 15.0 Å². The molecule has 0 fully saturated rings. The number of carbonyl (C=O) groups excluding carboxylic acids is 1. The Morgan fingerprint density at radius 2 is 1.72 bits per heavy atom. The first kappa shape index (κ1) is 21.2. The highest BCUT2D eigenvalue weighted by Crippen LogP contribution is 2.26. The summed E-state index contributed by atoms with van der Waals surface area (Å²) in [5.41, 5.74) is 1.75. The van der Waals surface area contributed by atoms with E-state index < -0.39 is 12.1 Å². The molecule has 0 saturated heterocycles. The smallest absolute Gasteiger partial charge is 0.411 e. The molecule has 0 radical (unpaired) electrons. The number of hydrogen-bond acceptors (Lipinski definition) is 5. The topological polar surface area (TPSA) is 141 Å². The second-order valence-corrected chi connectivity index (χ2v) is 7.21. The number of anilines is 3. The van der Waals surface area contributed by atoms with Crippen LogP contribution in [0.25, 0.3) is 11.2 Å². The summed E-state index contributed by atoms with van der Waals surface area (Å²) < 4.78 is 5.70. The van der Waals surface area contributed by atoms with Crippen LogP contribution in [0.1, 0.15) is 0 Å². The zero-order chi connectivity index (χ0) is 22.7. The molecule has 0 spiro atoms. The number of nitrogens with zero attached hydrogens (tertiary/aromatic N) is 2. The van der Waals surface area contributed by atoms with Crippen LogP contribution in [0.4, 0.5) is 26.9 Å². The molecule has 0 saturated carbocycles. The van der Waals surface area contributed by atoms with Crippen molar-refractivity contribution in [1.29, 1.82) is 0 Å². The third-order valence-corrected chi connectivity index (χ3v) is 4.62. The standard InChI is InChI=1S/C20H14Cl2N6O4/c21-10-1-6-13(22)15(9-10)25-19(29)23-11-2-4-12(5-3-11)32-16-8-7-14-17(26-16)27-18(24-14)28-20(30)31/h1-9H,(H,30,31)(H2,23,25,29)(H2,24,26,27,28). The van der Waals surface area contributed by atoms with E-state index in [1.807, 2.05) is 0 Å². The van der Waals surface area contributed by atoms with Gasteiger partial charge in [-0.05, 0) is 48.5 Å². The van der Waals surface area contributed by atoms with E-state index in [9.17, 15) is 9.59 Å². The number of H-pyrrole nitrogens is 1. The Morgan fingerprint density at radius 3 is 2.47 bits per heavy atom. The third kappa shape index (κ3) is 5.17. The largest absolute Gasteiger partial charge is 0.465 e. The van der Waals surface area contributed by atoms with Crippen LogP contribution in [0.3, 0.4) is 0 Å². The van der Waals surface area contributed by atoms with E-state index in [0.29, 0.717) is 38.3 Å². The Labute approximate surface area is 190 Å². The summed E-state index contributed by atoms with van der Waals surface area (Å²) in [5, 5.41) is 17.0. The second kappa shape index (κ2) is 9.00. The van der Waals surface area contributed by atoms with Gasteiger partial charge in [-0.2, -0.15) is 9.97 Å². The number of ether oxygens (including phenoxy) is 1. The highest BCUT2D eigenvalue weighted by Gasteiger charge is 2.10. The fourth-order valence-electron chi connectivity index (χ4n) is 2.70. The van der Waals surface area contributed by atoms with Crippen LogP contribution in [0, 0.1) is 0 Å². The molecule has 5 N–H and O–H groups in total. The van der Waals surface area contributed by atoms with E-state index in [-0.39, 0.29) is 11.8 Å². The van der Waals surface area contributed by atoms with Gasteiger partial charge >= 0.3 is 12.1 Å². The maximum atomic E-state index is 12.2. The SMILES string of the molecule is O=C(O)Nc1nc2nc(Oc3ccc(NC(=O)Nc4cc(Cl)ccc4Cl)cc3)ccc2[nH]1. The van der Waals surface area contributed by atoms with E-state index in [0.717, 1.165) is 0 Å². The van der Waals surface area contributed by atoms with Gasteiger partial charge in [-0.15, -0.1) is 0 Å². The Bertz CT molecular complexity index is 1310. The third-order valence-electron chi connectivity index (χ3n) is 4.06. The van der Waals surface area contributed by atoms with E-state index >= 15 is 0 Å². The first-order chi connectivity index (χ1) is 15.4. The van der Waals surface area contributed by atoms with E-state index in [1.54, 1.807) is 54.6 Å². The maximum Gasteiger partial charge on any atom is 0.411 e. The fourth-order valence-corrected chi connectivity index (χ4v) is 3.03. The zero-order valence-electron chi connectivity index (χ0n) is 16.0. The zero-order valence-corrected chi connectivity index (χ0v) is 17.5. The van der Waals surface area contributed by atoms with Crippen LogP contribution in [0.2, 0.25) is 10.0 Å². The number of urea groups is 1. The number of imidazole rings is 1. The molecular formula is C20H14Cl2N6O4. The van der Waals surface area contributed by atoms with Crippen molar-refractivity contribution < 1.29 is 19.4 Å². The summed E-state index contributed by atoms with van der Waals surface area (Å²) in [7, 11) is 0. The van der Waals surface area contributed by atoms with E-state index in [1.165, 1.54) is 0 Å². The quantitative estimate of drug-likeness (QED) is 0.248. The number of pyridine rings is 1. The lowest BCUT2D eigenvalue weighted by Gasteiger charge is -2.10. The van der Waals surface area contributed by atoms with Gasteiger partial charge in [0.1, 0.15) is 5.75 Å². The number of halogens is 2. The molecule has 32 heavy (non-hydrogen) atoms. The molecule has 0 aliphatic carbocycles. The van der Waals surface area contributed by atoms with Gasteiger partial charge in [0.15, 0.2) is 5.65 Å². The molecule has 10 nitrogen and oxygen atoms in total. The molecule has 3 amide bonds. The minimum atomic E-state index is -1.24. The number of benzene rings is 2. The lowest BCUT2D eigenvalue weighted by molar-refractivity contribution is 0.209. The van der Waals surface area contributed by atoms with Gasteiger partial charge in [0, 0.05) is 16.8 Å². The molecule has 2 aromatic carbocycles. The van der Waals surface area contributed by atoms with Crippen molar-refractivity contribution in [2.45, 2.75) is 0 Å². The molecule has 2 heterocycles. The number of rotatable bonds is 5. The van der Waals surface area contributed by atoms with Gasteiger partial charge in [-0.3, -0.25) is 5.32 Å². The first-order valence-corrected chi connectivity index (χ1v) is 9.79. The molecule has 0 bridgehead atoms. The van der Waals surface area contributed by atoms with Crippen LogP contribution in [-0.2, 0) is 0 Å². The Morgan fingerprint density at radius 1 is 0.938 bits per heavy atom. The summed E-state index contributed by atoms with van der Waals surface area (Å²) in [6.45, 7) is 0. The summed E-state index contributed by atoms with van der Waals surface area (Å²) in [4.78, 5) is 34.0. The summed E-state index contributed by atoms with van der Waals surface area (Å²) in [6.07, 6.45) is -1.24. The number of carboxylic acid groups (broad SMARTS) is 1. The van der Waals surface area contributed by atoms with Crippen molar-refractivity contribution >= 4 is 63.8 Å². The molecule has 12 heteroatoms. The number of nitrogens with one attached hydrogen (secondary N) is 4. The molecule has 0 atom stereocenters. The number of carbonyl (C=O) groups is 2. The molecule has 0 unspecified atom stereocenters. The average molecular weight is 473 g/mol. The molecule has 162 valence electrons. The van der Waals surface area contributed by atoms with Crippen molar-refractivity contribution in [3.05, 3.63) is 64.6 Å². The number of fused-ring (bicyclic) bond motifs is 1. The fraction of sp³-hybridized carbons (Fsp3) is 0. The van der Waals surface area contributed by atoms with Crippen molar-refractivity contribution in [3.8, 4) is 11.6 Å². The van der Waals surface area contributed by atoms with Gasteiger partial charge in [0.25, 0.3) is 0 Å². The van der Waals surface area contributed by atoms with Crippen molar-refractivity contribution in [2.24, 2.45) is 0 Å². The van der Waals surface area contributed by atoms with Crippen LogP contribution >= 0.6 is 23.2 Å². The summed E-state index contributed by atoms with van der Waals surface area (Å²) >= 11 is 12.0. The molecular weight excluding hydrogens is 459 g/mol. The number of aromatic amines is 1. The Hall–Kier alpha value is -4.02. The van der Waals surface area contributed by atoms with Crippen LogP contribution in [-0.4, -0.2) is 32.2 Å². The maximum absolute atomic E-state index is 12.2. The minimum absolute atomic E-state index is 0.0601. The molecule has 4 rings (SSSR count). The Kier molecular flexibility index (Phi) is 5.97. The predicted molar refractivity (Wildman–Crippen MR) is 121 cm³/mol. The average Bonchev–Trinajstić information content (AvgIpc) is 3.13. The predicted octanol–water partition coefficient (Wildman–Crippen LogP) is 5.79. The highest BCUT2D eigenvalue weighted by molar-refractivity contribution is 6.35. The van der Waals surface area contributed by atoms with Gasteiger partial charge in [-0.25, -0.2) is 9.59 Å². The molecule has 0 aliphatic heterocycles. The van der Waals surface area contributed by atoms with Crippen LogP contribution < -0.4 is 20.7 Å². The van der Waals surface area contributed by atoms with Crippen molar-refractivity contribution in [2.75, 3.05) is 16.0 Å². The van der Waals surface area contributed by atoms with Crippen LogP contribution in [0.5, 0.6) is 11.6 Å². The minimum Gasteiger partial charge on any atom is -0.465 e. The first-order valence-electron chi connectivity index (χ1n) is 9.03. The van der Waals surface area contributed by atoms with Crippen molar-refractivity contribution in [3.63, 3.8) is 0 Å². The monoisotopic (exact) mass is 472 g/mol. The van der Waals surface area contributed by atoms with Gasteiger partial charge < -0.3 is 25.5 Å². The normalized spacial score (nSPS) is 10.6. The van der Waals surface area contributed by atoms with Gasteiger partial charge in [0.2, 0.25) is 11.8 Å². The summed E-state index contributed by atoms with van der Waals surface area (Å²) in [5.74, 6) is 0.796. The van der Waals surface area contributed by atoms with E-state index in [4.69, 9.17) is 33.0 Å². The number of aromatic nitrogens is 3. The molecule has 2 aromatic heterocycles. The number of hydrogen-bond donors (Lipinski definition) is 5. The van der Waals surface area contributed by atoms with Gasteiger partial charge in [0.05, 0.1) is 16.2 Å². The molecule has 0 aliphatic rings. The number of amides is 3. The summed E-state index contributed by atoms with van der Waals surface area (Å²) in [6, 6.07) is 14.1. The lowest BCUT2D eigenvalue weighted by atomic mass is 10.3. The Balaban J connectivity index is 1.39. The second-order valence-electron chi connectivity index (χ2n) is 6.37. The lowest BCUT2D eigenvalue weighted by Crippen LogP contribution is -2.19. The van der Waals surface area contributed by atoms with E-state index in [2.05, 4.69) is 30.9 Å². The van der Waals surface area contributed by atoms with Gasteiger partial charge in [-0.1, -0.05) is 23.2 Å². The molecule has 4 aromatic rings. The highest BCUT2D eigenvalue weighted by atomic mass is 35.5. The van der Waals surface area contributed by atoms with Crippen LogP contribution in [0.15, 0.2) is 54.6 Å².